The third-order valence-corrected chi connectivity index (χ3v) is 6.39. The van der Waals surface area contributed by atoms with Crippen LogP contribution >= 0.6 is 0 Å². The van der Waals surface area contributed by atoms with Crippen LogP contribution in [0.25, 0.3) is 0 Å². The smallest absolute Gasteiger partial charge is 0.196 e. The largest absolute Gasteiger partial charge is 0.497 e. The van der Waals surface area contributed by atoms with Gasteiger partial charge >= 0.3 is 0 Å². The van der Waals surface area contributed by atoms with Crippen molar-refractivity contribution in [2.24, 2.45) is 0 Å². The number of fused-ring (bicyclic) bond motifs is 1. The van der Waals surface area contributed by atoms with Gasteiger partial charge in [0.1, 0.15) is 5.75 Å². The van der Waals surface area contributed by atoms with E-state index in [2.05, 4.69) is 0 Å². The Hall–Kier alpha value is -2.54. The SMILES string of the molecule is COc1ccc(C2(N3CCC4(CC3)OCCO4)C(=O)c3ccccc3C2=O)cc1. The summed E-state index contributed by atoms with van der Waals surface area (Å²) in [5, 5.41) is 0. The Bertz CT molecular complexity index is 916. The van der Waals surface area contributed by atoms with Crippen molar-refractivity contribution in [1.82, 2.24) is 4.90 Å². The lowest BCUT2D eigenvalue weighted by Gasteiger charge is -2.45. The molecule has 2 saturated heterocycles. The summed E-state index contributed by atoms with van der Waals surface area (Å²) in [5.41, 5.74) is 0.300. The second-order valence-corrected chi connectivity index (χ2v) is 7.74. The van der Waals surface area contributed by atoms with Gasteiger partial charge in [0.15, 0.2) is 22.9 Å². The van der Waals surface area contributed by atoms with Gasteiger partial charge in [-0.2, -0.15) is 0 Å². The number of hydrogen-bond acceptors (Lipinski definition) is 6. The first-order valence-corrected chi connectivity index (χ1v) is 9.97. The van der Waals surface area contributed by atoms with Crippen molar-refractivity contribution in [3.8, 4) is 5.75 Å². The second kappa shape index (κ2) is 6.76. The topological polar surface area (TPSA) is 65.1 Å². The Kier molecular flexibility index (Phi) is 4.31. The first kappa shape index (κ1) is 18.5. The van der Waals surface area contributed by atoms with E-state index in [1.54, 1.807) is 43.5 Å². The van der Waals surface area contributed by atoms with Gasteiger partial charge in [-0.05, 0) is 17.7 Å². The number of ether oxygens (including phenoxy) is 3. The van der Waals surface area contributed by atoms with E-state index in [0.29, 0.717) is 61.6 Å². The molecule has 0 aromatic heterocycles. The normalized spacial score (nSPS) is 22.8. The average Bonchev–Trinajstić information content (AvgIpc) is 3.31. The predicted octanol–water partition coefficient (Wildman–Crippen LogP) is 2.81. The molecule has 1 spiro atoms. The van der Waals surface area contributed by atoms with Crippen molar-refractivity contribution < 1.29 is 23.8 Å². The minimum absolute atomic E-state index is 0.160. The number of rotatable bonds is 3. The third-order valence-electron chi connectivity index (χ3n) is 6.39. The Morgan fingerprint density at radius 1 is 0.862 bits per heavy atom. The molecule has 0 atom stereocenters. The maximum absolute atomic E-state index is 13.7. The van der Waals surface area contributed by atoms with E-state index < -0.39 is 11.3 Å². The maximum Gasteiger partial charge on any atom is 0.196 e. The minimum atomic E-state index is -1.35. The molecule has 0 amide bonds. The number of methoxy groups -OCH3 is 1. The molecule has 1 aliphatic carbocycles. The van der Waals surface area contributed by atoms with Crippen molar-refractivity contribution >= 4 is 11.6 Å². The fourth-order valence-corrected chi connectivity index (χ4v) is 4.90. The number of nitrogens with zero attached hydrogens (tertiary/aromatic N) is 1. The van der Waals surface area contributed by atoms with Gasteiger partial charge < -0.3 is 14.2 Å². The van der Waals surface area contributed by atoms with Crippen molar-refractivity contribution in [1.29, 1.82) is 0 Å². The van der Waals surface area contributed by atoms with Crippen LogP contribution in [0.3, 0.4) is 0 Å². The van der Waals surface area contributed by atoms with Gasteiger partial charge in [0.2, 0.25) is 0 Å². The van der Waals surface area contributed by atoms with Gasteiger partial charge in [-0.3, -0.25) is 14.5 Å². The molecule has 6 nitrogen and oxygen atoms in total. The number of Topliss-reactive ketones (excluding diaryl/α,β-unsaturated/α-hetero) is 2. The van der Waals surface area contributed by atoms with Gasteiger partial charge in [0, 0.05) is 37.1 Å². The van der Waals surface area contributed by atoms with Gasteiger partial charge in [0.25, 0.3) is 0 Å². The van der Waals surface area contributed by atoms with Gasteiger partial charge in [-0.25, -0.2) is 0 Å². The zero-order chi connectivity index (χ0) is 20.1. The first-order chi connectivity index (χ1) is 14.1. The number of piperidine rings is 1. The molecular formula is C23H23NO5. The third kappa shape index (κ3) is 2.60. The van der Waals surface area contributed by atoms with Crippen LogP contribution in [0.15, 0.2) is 48.5 Å². The highest BCUT2D eigenvalue weighted by molar-refractivity contribution is 6.32. The summed E-state index contributed by atoms with van der Waals surface area (Å²) in [6.45, 7) is 2.26. The summed E-state index contributed by atoms with van der Waals surface area (Å²) in [5.74, 6) is -0.209. The van der Waals surface area contributed by atoms with E-state index in [1.165, 1.54) is 0 Å². The lowest BCUT2D eigenvalue weighted by molar-refractivity contribution is -0.189. The van der Waals surface area contributed by atoms with Crippen LogP contribution < -0.4 is 4.74 Å². The second-order valence-electron chi connectivity index (χ2n) is 7.74. The molecule has 5 rings (SSSR count). The molecule has 0 bridgehead atoms. The monoisotopic (exact) mass is 393 g/mol. The number of hydrogen-bond donors (Lipinski definition) is 0. The summed E-state index contributed by atoms with van der Waals surface area (Å²) < 4.78 is 17.0. The molecule has 0 radical (unpaired) electrons. The van der Waals surface area contributed by atoms with Crippen LogP contribution in [0, 0.1) is 0 Å². The van der Waals surface area contributed by atoms with Crippen LogP contribution in [0.2, 0.25) is 0 Å². The molecule has 2 aromatic rings. The van der Waals surface area contributed by atoms with Crippen LogP contribution in [-0.2, 0) is 15.0 Å². The highest BCUT2D eigenvalue weighted by Gasteiger charge is 2.59. The molecule has 2 heterocycles. The van der Waals surface area contributed by atoms with Crippen LogP contribution in [0.4, 0.5) is 0 Å². The Labute approximate surface area is 169 Å². The summed E-state index contributed by atoms with van der Waals surface area (Å²) in [6, 6.07) is 14.4. The molecular weight excluding hydrogens is 370 g/mol. The number of carbonyl (C=O) groups is 2. The van der Waals surface area contributed by atoms with Gasteiger partial charge in [-0.1, -0.05) is 36.4 Å². The molecule has 0 saturated carbocycles. The molecule has 0 N–H and O–H groups in total. The van der Waals surface area contributed by atoms with E-state index in [1.807, 2.05) is 17.0 Å². The molecule has 150 valence electrons. The molecule has 2 aliphatic heterocycles. The van der Waals surface area contributed by atoms with Crippen LogP contribution in [-0.4, -0.2) is 55.7 Å². The maximum atomic E-state index is 13.7. The molecule has 3 aliphatic rings. The summed E-state index contributed by atoms with van der Waals surface area (Å²) >= 11 is 0. The molecule has 29 heavy (non-hydrogen) atoms. The number of ketones is 2. The summed E-state index contributed by atoms with van der Waals surface area (Å²) in [6.07, 6.45) is 1.25. The van der Waals surface area contributed by atoms with E-state index in [-0.39, 0.29) is 11.6 Å². The fraction of sp³-hybridized carbons (Fsp3) is 0.391. The zero-order valence-electron chi connectivity index (χ0n) is 16.3. The number of benzene rings is 2. The minimum Gasteiger partial charge on any atom is -0.497 e. The lowest BCUT2D eigenvalue weighted by atomic mass is 9.81. The average molecular weight is 393 g/mol. The van der Waals surface area contributed by atoms with Crippen LogP contribution in [0.5, 0.6) is 5.75 Å². The van der Waals surface area contributed by atoms with Gasteiger partial charge in [0.05, 0.1) is 20.3 Å². The van der Waals surface area contributed by atoms with E-state index in [4.69, 9.17) is 14.2 Å². The summed E-state index contributed by atoms with van der Waals surface area (Å²) in [4.78, 5) is 29.5. The van der Waals surface area contributed by atoms with Crippen molar-refractivity contribution in [3.05, 3.63) is 65.2 Å². The van der Waals surface area contributed by atoms with E-state index in [9.17, 15) is 9.59 Å². The molecule has 0 unspecified atom stereocenters. The number of carbonyl (C=O) groups excluding carboxylic acids is 2. The van der Waals surface area contributed by atoms with Gasteiger partial charge in [-0.15, -0.1) is 0 Å². The standard InChI is InChI=1S/C23H23NO5/c1-27-17-8-6-16(7-9-17)23(20(25)18-4-2-3-5-19(18)21(23)26)24-12-10-22(11-13-24)28-14-15-29-22/h2-9H,10-15H2,1H3. The predicted molar refractivity (Wildman–Crippen MR) is 105 cm³/mol. The van der Waals surface area contributed by atoms with E-state index in [0.717, 1.165) is 0 Å². The van der Waals surface area contributed by atoms with Crippen molar-refractivity contribution in [2.45, 2.75) is 24.2 Å². The molecule has 2 fully saturated rings. The Morgan fingerprint density at radius 3 is 1.93 bits per heavy atom. The highest BCUT2D eigenvalue weighted by Crippen LogP contribution is 2.45. The van der Waals surface area contributed by atoms with E-state index >= 15 is 0 Å². The van der Waals surface area contributed by atoms with Crippen molar-refractivity contribution in [3.63, 3.8) is 0 Å². The fourth-order valence-electron chi connectivity index (χ4n) is 4.90. The summed E-state index contributed by atoms with van der Waals surface area (Å²) in [7, 11) is 1.60. The Morgan fingerprint density at radius 2 is 1.41 bits per heavy atom. The highest BCUT2D eigenvalue weighted by atomic mass is 16.7. The quantitative estimate of drug-likeness (QED) is 0.748. The van der Waals surface area contributed by atoms with Crippen LogP contribution in [0.1, 0.15) is 39.1 Å². The lowest BCUT2D eigenvalue weighted by Crippen LogP contribution is -2.59. The molecule has 2 aromatic carbocycles. The van der Waals surface area contributed by atoms with Crippen molar-refractivity contribution in [2.75, 3.05) is 33.4 Å². The number of likely N-dealkylation sites (tertiary alicyclic amines) is 1. The Balaban J connectivity index is 1.59. The molecule has 6 heteroatoms. The zero-order valence-corrected chi connectivity index (χ0v) is 16.3. The first-order valence-electron chi connectivity index (χ1n) is 9.97.